The van der Waals surface area contributed by atoms with E-state index in [2.05, 4.69) is 41.1 Å². The Hall–Kier alpha value is -2.53. The third-order valence-electron chi connectivity index (χ3n) is 4.03. The molecule has 2 aromatic rings. The van der Waals surface area contributed by atoms with Crippen molar-refractivity contribution in [2.75, 3.05) is 29.9 Å². The molecule has 2 N–H and O–H groups in total. The van der Waals surface area contributed by atoms with Crippen molar-refractivity contribution in [3.05, 3.63) is 59.7 Å². The lowest BCUT2D eigenvalue weighted by Gasteiger charge is -2.37. The molecule has 0 aromatic heterocycles. The molecule has 0 unspecified atom stereocenters. The van der Waals surface area contributed by atoms with E-state index in [0.717, 1.165) is 25.2 Å². The molecule has 5 nitrogen and oxygen atoms in total. The van der Waals surface area contributed by atoms with Crippen molar-refractivity contribution < 1.29 is 10.0 Å². The molecule has 5 heteroatoms. The Kier molecular flexibility index (Phi) is 3.98. The molecule has 114 valence electrons. The van der Waals surface area contributed by atoms with E-state index in [1.54, 1.807) is 17.6 Å². The Balaban J connectivity index is 1.79. The molecule has 0 spiro atoms. The molecule has 0 aliphatic carbocycles. The summed E-state index contributed by atoms with van der Waals surface area (Å²) in [6.45, 7) is 2.75. The third kappa shape index (κ3) is 2.76. The molecule has 1 heterocycles. The van der Waals surface area contributed by atoms with E-state index in [0.29, 0.717) is 5.56 Å². The number of fused-ring (bicyclic) bond motifs is 1. The Morgan fingerprint density at radius 1 is 1.09 bits per heavy atom. The minimum atomic E-state index is -0.489. The highest BCUT2D eigenvalue weighted by molar-refractivity contribution is 5.93. The molecule has 0 radical (unpaired) electrons. The first-order valence-corrected chi connectivity index (χ1v) is 7.27. The standard InChI is InChI=1S/C17H19N3O2/c1-19-10-11-20(16-5-3-2-4-15(16)19)12-13-6-8-14(9-7-13)17(21)18-22/h2-9,22H,10-12H2,1H3,(H,18,21). The number of nitrogens with one attached hydrogen (secondary N) is 1. The minimum absolute atomic E-state index is 0.449. The topological polar surface area (TPSA) is 55.8 Å². The van der Waals surface area contributed by atoms with Crippen LogP contribution in [0.25, 0.3) is 0 Å². The predicted molar refractivity (Wildman–Crippen MR) is 86.5 cm³/mol. The first-order valence-electron chi connectivity index (χ1n) is 7.27. The smallest absolute Gasteiger partial charge is 0.274 e. The molecular formula is C17H19N3O2. The van der Waals surface area contributed by atoms with Gasteiger partial charge in [0.05, 0.1) is 11.4 Å². The average molecular weight is 297 g/mol. The van der Waals surface area contributed by atoms with Crippen molar-refractivity contribution in [3.8, 4) is 0 Å². The van der Waals surface area contributed by atoms with Crippen LogP contribution in [0.1, 0.15) is 15.9 Å². The number of anilines is 2. The van der Waals surface area contributed by atoms with Gasteiger partial charge in [0.15, 0.2) is 0 Å². The van der Waals surface area contributed by atoms with Gasteiger partial charge in [-0.3, -0.25) is 10.0 Å². The summed E-state index contributed by atoms with van der Waals surface area (Å²) in [6, 6.07) is 15.7. The number of hydrogen-bond acceptors (Lipinski definition) is 4. The molecule has 0 fully saturated rings. The van der Waals surface area contributed by atoms with Crippen LogP contribution in [0, 0.1) is 0 Å². The van der Waals surface area contributed by atoms with Gasteiger partial charge in [-0.25, -0.2) is 5.48 Å². The van der Waals surface area contributed by atoms with Gasteiger partial charge in [-0.05, 0) is 29.8 Å². The van der Waals surface area contributed by atoms with E-state index in [1.807, 2.05) is 12.1 Å². The SMILES string of the molecule is CN1CCN(Cc2ccc(C(=O)NO)cc2)c2ccccc21. The second-order valence-corrected chi connectivity index (χ2v) is 5.47. The van der Waals surface area contributed by atoms with Crippen LogP contribution in [0.15, 0.2) is 48.5 Å². The van der Waals surface area contributed by atoms with Crippen molar-refractivity contribution in [3.63, 3.8) is 0 Å². The number of likely N-dealkylation sites (N-methyl/N-ethyl adjacent to an activating group) is 1. The first-order chi connectivity index (χ1) is 10.7. The third-order valence-corrected chi connectivity index (χ3v) is 4.03. The van der Waals surface area contributed by atoms with Crippen LogP contribution < -0.4 is 15.3 Å². The van der Waals surface area contributed by atoms with E-state index < -0.39 is 5.91 Å². The minimum Gasteiger partial charge on any atom is -0.371 e. The Morgan fingerprint density at radius 2 is 1.77 bits per heavy atom. The van der Waals surface area contributed by atoms with Crippen LogP contribution >= 0.6 is 0 Å². The molecule has 0 saturated carbocycles. The lowest BCUT2D eigenvalue weighted by atomic mass is 10.1. The van der Waals surface area contributed by atoms with Crippen LogP contribution in [0.4, 0.5) is 11.4 Å². The summed E-state index contributed by atoms with van der Waals surface area (Å²) in [5.41, 5.74) is 5.70. The van der Waals surface area contributed by atoms with Crippen molar-refractivity contribution >= 4 is 17.3 Å². The lowest BCUT2D eigenvalue weighted by Crippen LogP contribution is -2.38. The van der Waals surface area contributed by atoms with Gasteiger partial charge in [0.2, 0.25) is 0 Å². The van der Waals surface area contributed by atoms with Crippen molar-refractivity contribution in [2.45, 2.75) is 6.54 Å². The van der Waals surface area contributed by atoms with Gasteiger partial charge in [-0.15, -0.1) is 0 Å². The fourth-order valence-electron chi connectivity index (χ4n) is 2.78. The summed E-state index contributed by atoms with van der Waals surface area (Å²) in [7, 11) is 2.11. The summed E-state index contributed by atoms with van der Waals surface area (Å²) in [5, 5.41) is 8.64. The van der Waals surface area contributed by atoms with Gasteiger partial charge < -0.3 is 9.80 Å². The quantitative estimate of drug-likeness (QED) is 0.674. The lowest BCUT2D eigenvalue weighted by molar-refractivity contribution is 0.0706. The van der Waals surface area contributed by atoms with Crippen molar-refractivity contribution in [1.82, 2.24) is 5.48 Å². The van der Waals surface area contributed by atoms with E-state index in [1.165, 1.54) is 11.4 Å². The number of carbonyl (C=O) groups is 1. The highest BCUT2D eigenvalue weighted by Gasteiger charge is 2.19. The summed E-state index contributed by atoms with van der Waals surface area (Å²) < 4.78 is 0. The molecule has 0 bridgehead atoms. The van der Waals surface area contributed by atoms with Gasteiger partial charge >= 0.3 is 0 Å². The van der Waals surface area contributed by atoms with E-state index in [-0.39, 0.29) is 0 Å². The number of hydrogen-bond donors (Lipinski definition) is 2. The van der Waals surface area contributed by atoms with Gasteiger partial charge in [0, 0.05) is 32.2 Å². The maximum absolute atomic E-state index is 11.3. The van der Waals surface area contributed by atoms with Crippen molar-refractivity contribution in [1.29, 1.82) is 0 Å². The number of amides is 1. The van der Waals surface area contributed by atoms with Gasteiger partial charge in [-0.1, -0.05) is 24.3 Å². The number of benzene rings is 2. The molecule has 1 aliphatic rings. The Morgan fingerprint density at radius 3 is 2.45 bits per heavy atom. The number of rotatable bonds is 3. The zero-order valence-corrected chi connectivity index (χ0v) is 12.5. The van der Waals surface area contributed by atoms with E-state index in [4.69, 9.17) is 5.21 Å². The van der Waals surface area contributed by atoms with Crippen LogP contribution in [-0.4, -0.2) is 31.3 Å². The van der Waals surface area contributed by atoms with Crippen LogP contribution in [0.5, 0.6) is 0 Å². The first kappa shape index (κ1) is 14.4. The summed E-state index contributed by atoms with van der Waals surface area (Å²) in [4.78, 5) is 15.9. The zero-order chi connectivity index (χ0) is 15.5. The Bertz CT molecular complexity index is 670. The summed E-state index contributed by atoms with van der Waals surface area (Å²) in [6.07, 6.45) is 0. The molecule has 0 saturated heterocycles. The number of para-hydroxylation sites is 2. The van der Waals surface area contributed by atoms with Gasteiger partial charge in [0.1, 0.15) is 0 Å². The molecule has 0 atom stereocenters. The van der Waals surface area contributed by atoms with E-state index >= 15 is 0 Å². The Labute approximate surface area is 129 Å². The van der Waals surface area contributed by atoms with Crippen LogP contribution in [-0.2, 0) is 6.54 Å². The van der Waals surface area contributed by atoms with E-state index in [9.17, 15) is 4.79 Å². The highest BCUT2D eigenvalue weighted by Crippen LogP contribution is 2.32. The molecule has 1 aliphatic heterocycles. The fraction of sp³-hybridized carbons (Fsp3) is 0.235. The average Bonchev–Trinajstić information content (AvgIpc) is 2.57. The molecule has 1 amide bonds. The number of carbonyl (C=O) groups excluding carboxylic acids is 1. The number of nitrogens with zero attached hydrogens (tertiary/aromatic N) is 2. The highest BCUT2D eigenvalue weighted by atomic mass is 16.5. The second kappa shape index (κ2) is 6.07. The molecule has 22 heavy (non-hydrogen) atoms. The normalized spacial score (nSPS) is 13.7. The monoisotopic (exact) mass is 297 g/mol. The molecular weight excluding hydrogens is 278 g/mol. The maximum Gasteiger partial charge on any atom is 0.274 e. The zero-order valence-electron chi connectivity index (χ0n) is 12.5. The second-order valence-electron chi connectivity index (χ2n) is 5.47. The molecule has 2 aromatic carbocycles. The fourth-order valence-corrected chi connectivity index (χ4v) is 2.78. The van der Waals surface area contributed by atoms with Crippen molar-refractivity contribution in [2.24, 2.45) is 0 Å². The number of hydroxylamine groups is 1. The summed E-state index contributed by atoms with van der Waals surface area (Å²) >= 11 is 0. The van der Waals surface area contributed by atoms with Crippen LogP contribution in [0.2, 0.25) is 0 Å². The molecule has 3 rings (SSSR count). The largest absolute Gasteiger partial charge is 0.371 e. The van der Waals surface area contributed by atoms with Gasteiger partial charge in [-0.2, -0.15) is 0 Å². The van der Waals surface area contributed by atoms with Crippen LogP contribution in [0.3, 0.4) is 0 Å². The predicted octanol–water partition coefficient (Wildman–Crippen LogP) is 2.26. The van der Waals surface area contributed by atoms with Gasteiger partial charge in [0.25, 0.3) is 5.91 Å². The maximum atomic E-state index is 11.3. The summed E-state index contributed by atoms with van der Waals surface area (Å²) in [5.74, 6) is -0.489.